The molecular formula is C30H34N6O2. The Balaban J connectivity index is 1.31. The number of pyridine rings is 1. The summed E-state index contributed by atoms with van der Waals surface area (Å²) < 4.78 is 6.32. The van der Waals surface area contributed by atoms with Crippen LogP contribution in [0.1, 0.15) is 25.7 Å². The zero-order valence-corrected chi connectivity index (χ0v) is 22.0. The van der Waals surface area contributed by atoms with E-state index < -0.39 is 0 Å². The van der Waals surface area contributed by atoms with Gasteiger partial charge in [0.2, 0.25) is 0 Å². The van der Waals surface area contributed by atoms with Gasteiger partial charge in [0.1, 0.15) is 11.3 Å². The molecule has 4 aromatic rings. The lowest BCUT2D eigenvalue weighted by Crippen LogP contribution is -2.51. The van der Waals surface area contributed by atoms with E-state index in [1.54, 1.807) is 12.1 Å². The average Bonchev–Trinajstić information content (AvgIpc) is 3.59. The molecule has 2 bridgehead atoms. The van der Waals surface area contributed by atoms with Gasteiger partial charge < -0.3 is 25.0 Å². The van der Waals surface area contributed by atoms with Gasteiger partial charge in [-0.2, -0.15) is 9.97 Å². The van der Waals surface area contributed by atoms with Gasteiger partial charge in [0.15, 0.2) is 5.82 Å². The lowest BCUT2D eigenvalue weighted by Gasteiger charge is -2.34. The number of anilines is 1. The number of fused-ring (bicyclic) bond motifs is 4. The largest absolute Gasteiger partial charge is 0.508 e. The first-order chi connectivity index (χ1) is 18.4. The fourth-order valence-electron chi connectivity index (χ4n) is 6.33. The van der Waals surface area contributed by atoms with Crippen LogP contribution >= 0.6 is 0 Å². The van der Waals surface area contributed by atoms with Crippen molar-refractivity contribution in [1.82, 2.24) is 25.2 Å². The minimum Gasteiger partial charge on any atom is -0.508 e. The van der Waals surface area contributed by atoms with Crippen molar-refractivity contribution >= 4 is 27.6 Å². The summed E-state index contributed by atoms with van der Waals surface area (Å²) in [5.74, 6) is 1.09. The molecule has 3 fully saturated rings. The molecule has 4 heterocycles. The lowest BCUT2D eigenvalue weighted by molar-refractivity contribution is 0.183. The monoisotopic (exact) mass is 510 g/mol. The Morgan fingerprint density at radius 3 is 2.63 bits per heavy atom. The molecule has 8 heteroatoms. The maximum absolute atomic E-state index is 10.4. The second-order valence-corrected chi connectivity index (χ2v) is 11.7. The molecule has 2 saturated heterocycles. The Kier molecular flexibility index (Phi) is 5.63. The summed E-state index contributed by atoms with van der Waals surface area (Å²) >= 11 is 0. The number of hydrogen-bond donors (Lipinski definition) is 2. The molecule has 0 radical (unpaired) electrons. The maximum atomic E-state index is 10.4. The van der Waals surface area contributed by atoms with Gasteiger partial charge in [-0.25, -0.2) is 0 Å². The van der Waals surface area contributed by atoms with Crippen molar-refractivity contribution in [1.29, 1.82) is 0 Å². The van der Waals surface area contributed by atoms with E-state index in [1.165, 1.54) is 25.7 Å². The molecule has 2 unspecified atom stereocenters. The van der Waals surface area contributed by atoms with E-state index in [-0.39, 0.29) is 11.2 Å². The number of nitrogens with zero attached hydrogens (tertiary/aromatic N) is 5. The van der Waals surface area contributed by atoms with Crippen LogP contribution in [0, 0.1) is 5.41 Å². The van der Waals surface area contributed by atoms with Crippen LogP contribution in [0.15, 0.2) is 48.7 Å². The number of ether oxygens (including phenoxy) is 1. The van der Waals surface area contributed by atoms with E-state index in [0.29, 0.717) is 24.7 Å². The van der Waals surface area contributed by atoms with E-state index >= 15 is 0 Å². The molecule has 8 nitrogen and oxygen atoms in total. The first-order valence-electron chi connectivity index (χ1n) is 13.6. The molecule has 7 rings (SSSR count). The number of benzene rings is 2. The van der Waals surface area contributed by atoms with E-state index in [9.17, 15) is 5.11 Å². The van der Waals surface area contributed by atoms with E-state index in [0.717, 1.165) is 58.4 Å². The first-order valence-corrected chi connectivity index (χ1v) is 13.6. The number of phenols is 1. The van der Waals surface area contributed by atoms with Crippen molar-refractivity contribution in [3.63, 3.8) is 0 Å². The number of hydrogen-bond acceptors (Lipinski definition) is 8. The van der Waals surface area contributed by atoms with Crippen molar-refractivity contribution in [2.75, 3.05) is 45.2 Å². The van der Waals surface area contributed by atoms with Crippen molar-refractivity contribution in [3.05, 3.63) is 48.7 Å². The normalized spacial score (nSPS) is 21.9. The summed E-state index contributed by atoms with van der Waals surface area (Å²) in [6.07, 6.45) is 6.61. The molecule has 2 N–H and O–H groups in total. The Bertz CT molecular complexity index is 1510. The molecule has 3 aliphatic rings. The summed E-state index contributed by atoms with van der Waals surface area (Å²) in [4.78, 5) is 19.3. The minimum absolute atomic E-state index is 0.191. The zero-order chi connectivity index (χ0) is 25.9. The smallest absolute Gasteiger partial charge is 0.319 e. The Morgan fingerprint density at radius 2 is 1.87 bits per heavy atom. The van der Waals surface area contributed by atoms with Crippen LogP contribution in [-0.2, 0) is 0 Å². The molecule has 1 saturated carbocycles. The quantitative estimate of drug-likeness (QED) is 0.382. The highest BCUT2D eigenvalue weighted by Crippen LogP contribution is 2.46. The highest BCUT2D eigenvalue weighted by molar-refractivity contribution is 5.99. The second kappa shape index (κ2) is 9.06. The SMILES string of the molecule is CN(C)CC1(COc2nc(N3CC4CCC(C3)N4)c3ncc(-c4cc(O)cc5ccccc45)cc3n2)CC1. The van der Waals surface area contributed by atoms with Crippen molar-refractivity contribution in [3.8, 4) is 22.9 Å². The van der Waals surface area contributed by atoms with Gasteiger partial charge in [0.25, 0.3) is 0 Å². The lowest BCUT2D eigenvalue weighted by atomic mass is 9.98. The zero-order valence-electron chi connectivity index (χ0n) is 22.0. The van der Waals surface area contributed by atoms with Crippen molar-refractivity contribution in [2.45, 2.75) is 37.8 Å². The maximum Gasteiger partial charge on any atom is 0.319 e. The Labute approximate surface area is 222 Å². The number of phenolic OH excluding ortho intramolecular Hbond substituents is 1. The van der Waals surface area contributed by atoms with Gasteiger partial charge in [-0.05, 0) is 74.3 Å². The van der Waals surface area contributed by atoms with Gasteiger partial charge in [0, 0.05) is 48.9 Å². The third-order valence-corrected chi connectivity index (χ3v) is 8.29. The fourth-order valence-corrected chi connectivity index (χ4v) is 6.33. The molecule has 0 spiro atoms. The van der Waals surface area contributed by atoms with Crippen LogP contribution in [0.3, 0.4) is 0 Å². The highest BCUT2D eigenvalue weighted by atomic mass is 16.5. The van der Waals surface area contributed by atoms with E-state index in [1.807, 2.05) is 24.4 Å². The van der Waals surface area contributed by atoms with Crippen molar-refractivity contribution < 1.29 is 9.84 Å². The van der Waals surface area contributed by atoms with Gasteiger partial charge in [0.05, 0.1) is 12.1 Å². The predicted molar refractivity (Wildman–Crippen MR) is 150 cm³/mol. The number of piperazine rings is 1. The molecule has 2 aliphatic heterocycles. The fraction of sp³-hybridized carbons (Fsp3) is 0.433. The van der Waals surface area contributed by atoms with Crippen molar-refractivity contribution in [2.24, 2.45) is 5.41 Å². The molecule has 1 aliphatic carbocycles. The third kappa shape index (κ3) is 4.41. The van der Waals surface area contributed by atoms with Gasteiger partial charge >= 0.3 is 6.01 Å². The molecule has 2 aromatic carbocycles. The number of nitrogens with one attached hydrogen (secondary N) is 1. The molecule has 196 valence electrons. The molecule has 38 heavy (non-hydrogen) atoms. The average molecular weight is 511 g/mol. The van der Waals surface area contributed by atoms with Crippen LogP contribution in [-0.4, -0.2) is 77.4 Å². The van der Waals surface area contributed by atoms with Gasteiger partial charge in [-0.3, -0.25) is 4.98 Å². The van der Waals surface area contributed by atoms with Crippen LogP contribution in [0.4, 0.5) is 5.82 Å². The van der Waals surface area contributed by atoms with Crippen LogP contribution < -0.4 is 15.0 Å². The molecular weight excluding hydrogens is 476 g/mol. The second-order valence-electron chi connectivity index (χ2n) is 11.7. The highest BCUT2D eigenvalue weighted by Gasteiger charge is 2.44. The Morgan fingerprint density at radius 1 is 1.08 bits per heavy atom. The van der Waals surface area contributed by atoms with Gasteiger partial charge in [-0.1, -0.05) is 24.3 Å². The van der Waals surface area contributed by atoms with Gasteiger partial charge in [-0.15, -0.1) is 0 Å². The number of aromatic hydroxyl groups is 1. The third-order valence-electron chi connectivity index (χ3n) is 8.29. The van der Waals surface area contributed by atoms with E-state index in [4.69, 9.17) is 19.7 Å². The van der Waals surface area contributed by atoms with Crippen LogP contribution in [0.2, 0.25) is 0 Å². The number of rotatable bonds is 7. The molecule has 2 aromatic heterocycles. The molecule has 0 amide bonds. The summed E-state index contributed by atoms with van der Waals surface area (Å²) in [6, 6.07) is 15.1. The standard InChI is InChI=1S/C30H34N6O2/c1-35(2)17-30(9-10-30)18-38-29-33-26-12-20(25-13-23(37)11-19-5-3-4-6-24(19)25)14-31-27(26)28(34-29)36-15-21-7-8-22(16-36)32-21/h3-6,11-14,21-22,32,37H,7-10,15-18H2,1-2H3. The molecule has 2 atom stereocenters. The Hall–Kier alpha value is -3.49. The topological polar surface area (TPSA) is 86.6 Å². The first kappa shape index (κ1) is 23.6. The summed E-state index contributed by atoms with van der Waals surface area (Å²) in [7, 11) is 4.23. The predicted octanol–water partition coefficient (Wildman–Crippen LogP) is 4.21. The number of aromatic nitrogens is 3. The van der Waals surface area contributed by atoms with Crippen LogP contribution in [0.5, 0.6) is 11.8 Å². The summed E-state index contributed by atoms with van der Waals surface area (Å²) in [6.45, 7) is 3.44. The summed E-state index contributed by atoms with van der Waals surface area (Å²) in [5.41, 5.74) is 3.59. The van der Waals surface area contributed by atoms with Crippen LogP contribution in [0.25, 0.3) is 32.9 Å². The van der Waals surface area contributed by atoms with E-state index in [2.05, 4.69) is 41.3 Å². The minimum atomic E-state index is 0.191. The summed E-state index contributed by atoms with van der Waals surface area (Å²) in [5, 5.41) is 16.2.